The maximum atomic E-state index is 12.5. The Morgan fingerprint density at radius 2 is 0.662 bits per heavy atom. The quantitative estimate of drug-likeness (QED) is 0.0361. The molecule has 382 valence electrons. The van der Waals surface area contributed by atoms with E-state index >= 15 is 0 Å². The summed E-state index contributed by atoms with van der Waals surface area (Å²) in [5.74, 6) is -0.327. The first-order valence-corrected chi connectivity index (χ1v) is 28.9. The van der Waals surface area contributed by atoms with Gasteiger partial charge in [-0.05, 0) is 70.6 Å². The van der Waals surface area contributed by atoms with Gasteiger partial charge in [-0.15, -0.1) is 0 Å². The maximum Gasteiger partial charge on any atom is 0.222 e. The summed E-state index contributed by atoms with van der Waals surface area (Å²) in [6, 6.07) is -0.768. The highest BCUT2D eigenvalue weighted by Crippen LogP contribution is 2.17. The van der Waals surface area contributed by atoms with Gasteiger partial charge in [-0.3, -0.25) is 4.79 Å². The van der Waals surface area contributed by atoms with Crippen molar-refractivity contribution in [3.05, 3.63) is 48.6 Å². The van der Waals surface area contributed by atoms with Gasteiger partial charge in [-0.25, -0.2) is 0 Å². The Bertz CT molecular complexity index is 1050. The minimum atomic E-state index is -0.960. The number of carbonyl (C=O) groups excluding carboxylic acids is 1. The molecule has 0 aromatic heterocycles. The summed E-state index contributed by atoms with van der Waals surface area (Å²) < 4.78 is 0. The maximum absolute atomic E-state index is 12.5. The third kappa shape index (κ3) is 51.5. The molecule has 0 fully saturated rings. The molecule has 0 aliphatic carbocycles. The first kappa shape index (κ1) is 63.3. The van der Waals surface area contributed by atoms with E-state index < -0.39 is 18.2 Å². The van der Waals surface area contributed by atoms with E-state index in [0.717, 1.165) is 38.5 Å². The molecule has 5 heteroatoms. The predicted octanol–water partition coefficient (Wildman–Crippen LogP) is 18.0. The van der Waals surface area contributed by atoms with Crippen LogP contribution in [0.4, 0.5) is 0 Å². The van der Waals surface area contributed by atoms with Gasteiger partial charge in [0.1, 0.15) is 0 Å². The van der Waals surface area contributed by atoms with Crippen LogP contribution in [0.25, 0.3) is 0 Å². The second-order valence-electron chi connectivity index (χ2n) is 19.9. The highest BCUT2D eigenvalue weighted by molar-refractivity contribution is 5.76. The number of hydrogen-bond acceptors (Lipinski definition) is 4. The molecule has 0 aromatic rings. The fourth-order valence-electron chi connectivity index (χ4n) is 8.90. The van der Waals surface area contributed by atoms with Crippen LogP contribution in [0.3, 0.4) is 0 Å². The summed E-state index contributed by atoms with van der Waals surface area (Å²) >= 11 is 0. The zero-order valence-corrected chi connectivity index (χ0v) is 43.6. The van der Waals surface area contributed by atoms with Crippen LogP contribution in [0.2, 0.25) is 0 Å². The largest absolute Gasteiger partial charge is 0.394 e. The molecule has 5 nitrogen and oxygen atoms in total. The van der Waals surface area contributed by atoms with E-state index in [2.05, 4.69) is 55.6 Å². The topological polar surface area (TPSA) is 89.8 Å². The molecule has 0 aliphatic rings. The number of hydrogen-bond donors (Lipinski definition) is 4. The molecule has 0 saturated heterocycles. The second kappa shape index (κ2) is 54.9. The van der Waals surface area contributed by atoms with Crippen LogP contribution in [0, 0.1) is 0 Å². The van der Waals surface area contributed by atoms with Crippen molar-refractivity contribution in [2.24, 2.45) is 0 Å². The molecule has 3 unspecified atom stereocenters. The SMILES string of the molecule is CCCCCCCCC/C=C/CC/C=C/CC/C=C/C(O)C(CO)NC(=O)CC(O)CCCCCCCCCCCCCCCCC/C=C\CCCCCCCCCCCCCCCC. The summed E-state index contributed by atoms with van der Waals surface area (Å²) in [5.41, 5.74) is 0. The van der Waals surface area contributed by atoms with E-state index in [9.17, 15) is 20.1 Å². The Hall–Kier alpha value is -1.69. The molecule has 4 N–H and O–H groups in total. The zero-order chi connectivity index (χ0) is 47.2. The van der Waals surface area contributed by atoms with Crippen molar-refractivity contribution in [2.45, 2.75) is 321 Å². The summed E-state index contributed by atoms with van der Waals surface area (Å²) in [6.45, 7) is 4.21. The van der Waals surface area contributed by atoms with Crippen LogP contribution in [0.15, 0.2) is 48.6 Å². The van der Waals surface area contributed by atoms with Crippen molar-refractivity contribution in [3.63, 3.8) is 0 Å². The van der Waals surface area contributed by atoms with Crippen molar-refractivity contribution >= 4 is 5.91 Å². The normalized spacial score (nSPS) is 13.6. The Kier molecular flexibility index (Phi) is 53.5. The van der Waals surface area contributed by atoms with E-state index in [1.165, 1.54) is 238 Å². The minimum Gasteiger partial charge on any atom is -0.394 e. The predicted molar refractivity (Wildman–Crippen MR) is 287 cm³/mol. The van der Waals surface area contributed by atoms with E-state index in [-0.39, 0.29) is 18.9 Å². The smallest absolute Gasteiger partial charge is 0.222 e. The van der Waals surface area contributed by atoms with Gasteiger partial charge in [0.25, 0.3) is 0 Å². The molecule has 65 heavy (non-hydrogen) atoms. The van der Waals surface area contributed by atoms with Crippen LogP contribution in [0.5, 0.6) is 0 Å². The van der Waals surface area contributed by atoms with Gasteiger partial charge in [0.05, 0.1) is 31.3 Å². The first-order chi connectivity index (χ1) is 32.0. The van der Waals surface area contributed by atoms with Crippen molar-refractivity contribution in [3.8, 4) is 0 Å². The third-order valence-corrected chi connectivity index (χ3v) is 13.3. The van der Waals surface area contributed by atoms with E-state index in [4.69, 9.17) is 0 Å². The average Bonchev–Trinajstić information content (AvgIpc) is 3.30. The molecule has 0 aliphatic heterocycles. The highest BCUT2D eigenvalue weighted by Gasteiger charge is 2.20. The molecule has 0 saturated carbocycles. The number of amides is 1. The summed E-state index contributed by atoms with van der Waals surface area (Å²) in [4.78, 5) is 12.5. The van der Waals surface area contributed by atoms with E-state index in [1.807, 2.05) is 6.08 Å². The number of aliphatic hydroxyl groups is 3. The standard InChI is InChI=1S/C60H113NO4/c1-3-5-7-9-11-13-15-17-19-21-22-23-24-25-26-27-28-29-30-31-32-33-34-35-36-38-39-41-43-45-47-49-51-53-57(63)55-60(65)61-58(56-62)59(64)54-52-50-48-46-44-42-40-37-20-18-16-14-12-10-8-6-4-2/h20,27-28,37,44,46,52,54,57-59,62-64H,3-19,21-26,29-36,38-43,45,47-51,53,55-56H2,1-2H3,(H,61,65)/b28-27-,37-20+,46-44+,54-52+. The fourth-order valence-corrected chi connectivity index (χ4v) is 8.90. The number of aliphatic hydroxyl groups excluding tert-OH is 3. The Labute approximate surface area is 406 Å². The summed E-state index contributed by atoms with van der Waals surface area (Å²) in [6.07, 6.45) is 73.2. The van der Waals surface area contributed by atoms with Crippen molar-refractivity contribution in [1.29, 1.82) is 0 Å². The van der Waals surface area contributed by atoms with Gasteiger partial charge < -0.3 is 20.6 Å². The molecule has 0 bridgehead atoms. The monoisotopic (exact) mass is 912 g/mol. The van der Waals surface area contributed by atoms with E-state index in [0.29, 0.717) is 6.42 Å². The van der Waals surface area contributed by atoms with Gasteiger partial charge in [-0.2, -0.15) is 0 Å². The number of unbranched alkanes of at least 4 members (excludes halogenated alkanes) is 38. The Morgan fingerprint density at radius 3 is 0.985 bits per heavy atom. The highest BCUT2D eigenvalue weighted by atomic mass is 16.3. The fraction of sp³-hybridized carbons (Fsp3) is 0.850. The number of carbonyl (C=O) groups is 1. The van der Waals surface area contributed by atoms with Crippen LogP contribution in [-0.4, -0.2) is 46.1 Å². The lowest BCUT2D eigenvalue weighted by atomic mass is 10.0. The van der Waals surface area contributed by atoms with Gasteiger partial charge in [0.2, 0.25) is 5.91 Å². The molecule has 0 radical (unpaired) electrons. The van der Waals surface area contributed by atoms with Gasteiger partial charge >= 0.3 is 0 Å². The van der Waals surface area contributed by atoms with Crippen LogP contribution >= 0.6 is 0 Å². The zero-order valence-electron chi connectivity index (χ0n) is 43.6. The summed E-state index contributed by atoms with van der Waals surface area (Å²) in [7, 11) is 0. The van der Waals surface area contributed by atoms with Gasteiger partial charge in [0.15, 0.2) is 0 Å². The minimum absolute atomic E-state index is 0.00325. The van der Waals surface area contributed by atoms with E-state index in [1.54, 1.807) is 6.08 Å². The summed E-state index contributed by atoms with van der Waals surface area (Å²) in [5, 5.41) is 33.4. The number of rotatable bonds is 53. The van der Waals surface area contributed by atoms with Gasteiger partial charge in [0, 0.05) is 0 Å². The first-order valence-electron chi connectivity index (χ1n) is 28.9. The van der Waals surface area contributed by atoms with Gasteiger partial charge in [-0.1, -0.05) is 274 Å². The Morgan fingerprint density at radius 1 is 0.385 bits per heavy atom. The van der Waals surface area contributed by atoms with Crippen LogP contribution < -0.4 is 5.32 Å². The third-order valence-electron chi connectivity index (χ3n) is 13.3. The lowest BCUT2D eigenvalue weighted by Gasteiger charge is -2.21. The lowest BCUT2D eigenvalue weighted by Crippen LogP contribution is -2.45. The molecular formula is C60H113NO4. The van der Waals surface area contributed by atoms with Crippen LogP contribution in [0.1, 0.15) is 303 Å². The second-order valence-corrected chi connectivity index (χ2v) is 19.9. The molecular weight excluding hydrogens is 799 g/mol. The molecule has 0 heterocycles. The molecule has 0 aromatic carbocycles. The lowest BCUT2D eigenvalue weighted by molar-refractivity contribution is -0.124. The van der Waals surface area contributed by atoms with Crippen molar-refractivity contribution in [1.82, 2.24) is 5.32 Å². The van der Waals surface area contributed by atoms with Crippen molar-refractivity contribution in [2.75, 3.05) is 6.61 Å². The molecule has 3 atom stereocenters. The number of nitrogens with one attached hydrogen (secondary N) is 1. The Balaban J connectivity index is 3.54. The molecule has 0 spiro atoms. The molecule has 1 amide bonds. The number of allylic oxidation sites excluding steroid dienone is 7. The van der Waals surface area contributed by atoms with Crippen molar-refractivity contribution < 1.29 is 20.1 Å². The molecule has 0 rings (SSSR count). The van der Waals surface area contributed by atoms with Crippen LogP contribution in [-0.2, 0) is 4.79 Å². The average molecular weight is 913 g/mol.